The van der Waals surface area contributed by atoms with Gasteiger partial charge in [0.05, 0.1) is 17.1 Å². The van der Waals surface area contributed by atoms with Gasteiger partial charge in [0.1, 0.15) is 14.6 Å². The van der Waals surface area contributed by atoms with Gasteiger partial charge in [-0.1, -0.05) is 43.9 Å². The summed E-state index contributed by atoms with van der Waals surface area (Å²) in [6, 6.07) is 16.5. The molecule has 1 aliphatic heterocycles. The number of anilines is 1. The number of fused-ring (bicyclic) bond motifs is 1. The highest BCUT2D eigenvalue weighted by Crippen LogP contribution is 2.25. The summed E-state index contributed by atoms with van der Waals surface area (Å²) in [5.74, 6) is -0.112. The van der Waals surface area contributed by atoms with Crippen molar-refractivity contribution in [2.24, 2.45) is 4.99 Å². The van der Waals surface area contributed by atoms with E-state index in [4.69, 9.17) is 0 Å². The van der Waals surface area contributed by atoms with Crippen LogP contribution in [0.3, 0.4) is 0 Å². The number of benzene rings is 1. The Kier molecular flexibility index (Phi) is 4.32. The van der Waals surface area contributed by atoms with Crippen molar-refractivity contribution in [2.45, 2.75) is 19.6 Å². The fourth-order valence-electron chi connectivity index (χ4n) is 2.37. The second-order valence-electron chi connectivity index (χ2n) is 6.61. The van der Waals surface area contributed by atoms with E-state index in [9.17, 15) is 4.79 Å². The first-order chi connectivity index (χ1) is 11.5. The van der Waals surface area contributed by atoms with E-state index in [1.165, 1.54) is 0 Å². The molecule has 0 bridgehead atoms. The molecule has 4 nitrogen and oxygen atoms in total. The summed E-state index contributed by atoms with van der Waals surface area (Å²) in [5, 5.41) is 0. The maximum absolute atomic E-state index is 12.6. The van der Waals surface area contributed by atoms with E-state index in [1.807, 2.05) is 42.5 Å². The Balaban J connectivity index is 2.14. The number of aliphatic imine (C=N–C) groups is 1. The molecule has 3 rings (SSSR count). The molecule has 0 aliphatic carbocycles. The number of amides is 1. The Labute approximate surface area is 143 Å². The number of carbonyl (C=O) groups is 1. The summed E-state index contributed by atoms with van der Waals surface area (Å²) >= 11 is 0. The first-order valence-electron chi connectivity index (χ1n) is 7.87. The maximum atomic E-state index is 12.6. The van der Waals surface area contributed by atoms with E-state index in [2.05, 4.69) is 41.2 Å². The maximum Gasteiger partial charge on any atom is 0.260 e. The quantitative estimate of drug-likeness (QED) is 0.595. The van der Waals surface area contributed by atoms with Crippen molar-refractivity contribution >= 4 is 25.4 Å². The van der Waals surface area contributed by atoms with Crippen LogP contribution >= 0.6 is 0 Å². The first kappa shape index (κ1) is 16.2. The Morgan fingerprint density at radius 3 is 2.54 bits per heavy atom. The zero-order chi connectivity index (χ0) is 17.2. The SMILES string of the molecule is C[Si](C)(C)C#CN1C(=O)CN=C(c2ccccn2)c2ccccc21. The van der Waals surface area contributed by atoms with Crippen LogP contribution in [-0.2, 0) is 4.79 Å². The van der Waals surface area contributed by atoms with Gasteiger partial charge in [-0.15, -0.1) is 5.54 Å². The number of carbonyl (C=O) groups excluding carboxylic acids is 1. The van der Waals surface area contributed by atoms with Crippen LogP contribution in [0.4, 0.5) is 5.69 Å². The molecule has 0 fully saturated rings. The summed E-state index contributed by atoms with van der Waals surface area (Å²) in [4.78, 5) is 23.0. The summed E-state index contributed by atoms with van der Waals surface area (Å²) in [6.45, 7) is 6.54. The van der Waals surface area contributed by atoms with E-state index in [0.29, 0.717) is 0 Å². The van der Waals surface area contributed by atoms with Gasteiger partial charge in [-0.2, -0.15) is 0 Å². The first-order valence-corrected chi connectivity index (χ1v) is 11.4. The molecule has 1 aliphatic rings. The number of aromatic nitrogens is 1. The lowest BCUT2D eigenvalue weighted by Crippen LogP contribution is -2.29. The second-order valence-corrected chi connectivity index (χ2v) is 11.4. The molecule has 1 amide bonds. The molecule has 5 heteroatoms. The van der Waals surface area contributed by atoms with Gasteiger partial charge in [-0.25, -0.2) is 4.90 Å². The lowest BCUT2D eigenvalue weighted by atomic mass is 10.0. The van der Waals surface area contributed by atoms with Crippen LogP contribution < -0.4 is 4.90 Å². The molecule has 120 valence electrons. The lowest BCUT2D eigenvalue weighted by molar-refractivity contribution is -0.116. The van der Waals surface area contributed by atoms with Crippen LogP contribution in [0.25, 0.3) is 0 Å². The van der Waals surface area contributed by atoms with E-state index < -0.39 is 8.07 Å². The van der Waals surface area contributed by atoms with Crippen molar-refractivity contribution < 1.29 is 4.79 Å². The highest BCUT2D eigenvalue weighted by molar-refractivity contribution is 6.83. The molecule has 0 saturated carbocycles. The number of para-hydroxylation sites is 1. The molecule has 0 spiro atoms. The topological polar surface area (TPSA) is 45.6 Å². The third-order valence-electron chi connectivity index (χ3n) is 3.47. The van der Waals surface area contributed by atoms with Gasteiger partial charge >= 0.3 is 0 Å². The average molecular weight is 333 g/mol. The normalized spacial score (nSPS) is 14.2. The zero-order valence-corrected chi connectivity index (χ0v) is 15.1. The van der Waals surface area contributed by atoms with Gasteiger partial charge in [-0.3, -0.25) is 14.8 Å². The minimum atomic E-state index is -1.59. The van der Waals surface area contributed by atoms with Crippen molar-refractivity contribution in [3.05, 3.63) is 59.9 Å². The fourth-order valence-corrected chi connectivity index (χ4v) is 2.82. The minimum Gasteiger partial charge on any atom is -0.272 e. The van der Waals surface area contributed by atoms with Crippen LogP contribution in [0.15, 0.2) is 53.7 Å². The van der Waals surface area contributed by atoms with Gasteiger partial charge in [0.15, 0.2) is 0 Å². The summed E-state index contributed by atoms with van der Waals surface area (Å²) < 4.78 is 0. The average Bonchev–Trinajstić information content (AvgIpc) is 2.69. The van der Waals surface area contributed by atoms with Gasteiger partial charge in [0, 0.05) is 17.8 Å². The number of hydrogen-bond acceptors (Lipinski definition) is 3. The van der Waals surface area contributed by atoms with Gasteiger partial charge in [0.2, 0.25) is 0 Å². The Hall–Kier alpha value is -2.71. The van der Waals surface area contributed by atoms with Crippen molar-refractivity contribution in [1.82, 2.24) is 4.98 Å². The monoisotopic (exact) mass is 333 g/mol. The molecule has 0 atom stereocenters. The summed E-state index contributed by atoms with van der Waals surface area (Å²) in [5.41, 5.74) is 6.42. The van der Waals surface area contributed by atoms with Crippen LogP contribution in [0.5, 0.6) is 0 Å². The van der Waals surface area contributed by atoms with Crippen molar-refractivity contribution in [1.29, 1.82) is 0 Å². The third kappa shape index (κ3) is 3.44. The summed E-state index contributed by atoms with van der Waals surface area (Å²) in [7, 11) is -1.59. The van der Waals surface area contributed by atoms with Crippen LogP contribution in [0, 0.1) is 11.6 Å². The van der Waals surface area contributed by atoms with E-state index in [0.717, 1.165) is 22.7 Å². The largest absolute Gasteiger partial charge is 0.272 e. The van der Waals surface area contributed by atoms with Gasteiger partial charge < -0.3 is 0 Å². The molecule has 24 heavy (non-hydrogen) atoms. The van der Waals surface area contributed by atoms with Crippen LogP contribution in [-0.4, -0.2) is 31.2 Å². The van der Waals surface area contributed by atoms with E-state index in [-0.39, 0.29) is 12.5 Å². The number of rotatable bonds is 1. The zero-order valence-electron chi connectivity index (χ0n) is 14.1. The van der Waals surface area contributed by atoms with E-state index >= 15 is 0 Å². The van der Waals surface area contributed by atoms with Crippen molar-refractivity contribution in [3.63, 3.8) is 0 Å². The molecule has 0 N–H and O–H groups in total. The Bertz CT molecular complexity index is 857. The van der Waals surface area contributed by atoms with Crippen molar-refractivity contribution in [3.8, 4) is 11.6 Å². The van der Waals surface area contributed by atoms with Crippen LogP contribution in [0.1, 0.15) is 11.3 Å². The van der Waals surface area contributed by atoms with E-state index in [1.54, 1.807) is 11.1 Å². The number of benzodiazepines with no additional fused rings is 1. The second kappa shape index (κ2) is 6.42. The molecular weight excluding hydrogens is 314 g/mol. The lowest BCUT2D eigenvalue weighted by Gasteiger charge is -2.17. The molecule has 0 radical (unpaired) electrons. The number of hydrogen-bond donors (Lipinski definition) is 0. The predicted molar refractivity (Wildman–Crippen MR) is 99.8 cm³/mol. The molecule has 2 heterocycles. The highest BCUT2D eigenvalue weighted by Gasteiger charge is 2.24. The van der Waals surface area contributed by atoms with Crippen molar-refractivity contribution in [2.75, 3.05) is 11.4 Å². The smallest absolute Gasteiger partial charge is 0.260 e. The van der Waals surface area contributed by atoms with Gasteiger partial charge in [0.25, 0.3) is 5.91 Å². The Morgan fingerprint density at radius 1 is 1.08 bits per heavy atom. The summed E-state index contributed by atoms with van der Waals surface area (Å²) in [6.07, 6.45) is 1.73. The standard InChI is InChI=1S/C19H19N3OSi/c1-24(2,3)13-12-22-17-10-5-4-8-15(17)19(21-14-18(22)23)16-9-6-7-11-20-16/h4-11H,14H2,1-3H3. The third-order valence-corrected chi connectivity index (χ3v) is 4.33. The number of nitrogens with zero attached hydrogens (tertiary/aromatic N) is 3. The minimum absolute atomic E-state index is 0.0704. The fraction of sp³-hybridized carbons (Fsp3) is 0.211. The van der Waals surface area contributed by atoms with Crippen LogP contribution in [0.2, 0.25) is 19.6 Å². The Morgan fingerprint density at radius 2 is 1.83 bits per heavy atom. The van der Waals surface area contributed by atoms with Gasteiger partial charge in [-0.05, 0) is 18.2 Å². The predicted octanol–water partition coefficient (Wildman–Crippen LogP) is 3.10. The molecule has 2 aromatic rings. The molecular formula is C19H19N3OSi. The highest BCUT2D eigenvalue weighted by atomic mass is 28.3. The number of pyridine rings is 1. The molecule has 0 unspecified atom stereocenters. The molecule has 1 aromatic heterocycles. The molecule has 0 saturated heterocycles. The molecule has 1 aromatic carbocycles.